The second kappa shape index (κ2) is 10.8. The highest BCUT2D eigenvalue weighted by Crippen LogP contribution is 2.24. The Hall–Kier alpha value is -3.58. The van der Waals surface area contributed by atoms with E-state index in [1.54, 1.807) is 0 Å². The third-order valence-corrected chi connectivity index (χ3v) is 6.01. The van der Waals surface area contributed by atoms with Gasteiger partial charge in [-0.3, -0.25) is 9.36 Å². The Morgan fingerprint density at radius 3 is 2.39 bits per heavy atom. The molecular weight excluding hydrogens is 432 g/mol. The number of ether oxygens (including phenoxy) is 1. The molecule has 0 saturated carbocycles. The first-order valence-corrected chi connectivity index (χ1v) is 11.8. The molecule has 0 unspecified atom stereocenters. The minimum absolute atomic E-state index is 0.0955. The standard InChI is InChI=1S/C26H26N4O2S/c1-3-20-11-15-22(16-12-20)30-24(17-32-23-7-5-4-6-8-23)28-29-26(30)33-18-25(31)27-21-13-9-19(2)10-14-21/h4-16H,3,17-18H2,1-2H3,(H,27,31). The van der Waals surface area contributed by atoms with E-state index in [-0.39, 0.29) is 18.3 Å². The number of carbonyl (C=O) groups is 1. The lowest BCUT2D eigenvalue weighted by Gasteiger charge is -2.12. The number of hydrogen-bond donors (Lipinski definition) is 1. The summed E-state index contributed by atoms with van der Waals surface area (Å²) in [7, 11) is 0. The number of hydrogen-bond acceptors (Lipinski definition) is 5. The molecule has 1 N–H and O–H groups in total. The maximum atomic E-state index is 12.5. The Bertz CT molecular complexity index is 1190. The number of rotatable bonds is 9. The van der Waals surface area contributed by atoms with Gasteiger partial charge in [0.1, 0.15) is 12.4 Å². The van der Waals surface area contributed by atoms with Gasteiger partial charge in [-0.1, -0.05) is 66.7 Å². The molecule has 1 amide bonds. The van der Waals surface area contributed by atoms with Crippen LogP contribution in [0.2, 0.25) is 0 Å². The zero-order valence-corrected chi connectivity index (χ0v) is 19.5. The van der Waals surface area contributed by atoms with Gasteiger partial charge in [0.15, 0.2) is 11.0 Å². The summed E-state index contributed by atoms with van der Waals surface area (Å²) >= 11 is 1.35. The topological polar surface area (TPSA) is 69.0 Å². The van der Waals surface area contributed by atoms with Gasteiger partial charge in [0.2, 0.25) is 5.91 Å². The van der Waals surface area contributed by atoms with Crippen LogP contribution in [0, 0.1) is 6.92 Å². The van der Waals surface area contributed by atoms with Gasteiger partial charge < -0.3 is 10.1 Å². The Morgan fingerprint density at radius 1 is 0.970 bits per heavy atom. The molecule has 4 aromatic rings. The number of carbonyl (C=O) groups excluding carboxylic acids is 1. The molecule has 7 heteroatoms. The largest absolute Gasteiger partial charge is 0.486 e. The molecule has 168 valence electrons. The van der Waals surface area contributed by atoms with Gasteiger partial charge >= 0.3 is 0 Å². The zero-order valence-electron chi connectivity index (χ0n) is 18.7. The van der Waals surface area contributed by atoms with E-state index < -0.39 is 0 Å². The van der Waals surface area contributed by atoms with Gasteiger partial charge in [0, 0.05) is 11.4 Å². The molecular formula is C26H26N4O2S. The molecule has 0 bridgehead atoms. The normalized spacial score (nSPS) is 10.7. The number of benzene rings is 3. The van der Waals surface area contributed by atoms with Crippen molar-refractivity contribution in [3.8, 4) is 11.4 Å². The van der Waals surface area contributed by atoms with Gasteiger partial charge in [-0.05, 0) is 55.3 Å². The summed E-state index contributed by atoms with van der Waals surface area (Å²) in [5, 5.41) is 12.3. The molecule has 4 rings (SSSR count). The molecule has 6 nitrogen and oxygen atoms in total. The third-order valence-electron chi connectivity index (χ3n) is 5.08. The molecule has 0 atom stereocenters. The Morgan fingerprint density at radius 2 is 1.70 bits per heavy atom. The summed E-state index contributed by atoms with van der Waals surface area (Å²) in [5.74, 6) is 1.56. The van der Waals surface area contributed by atoms with E-state index in [0.717, 1.165) is 29.1 Å². The minimum atomic E-state index is -0.0955. The average molecular weight is 459 g/mol. The fourth-order valence-corrected chi connectivity index (χ4v) is 4.03. The van der Waals surface area contributed by atoms with Crippen LogP contribution in [0.25, 0.3) is 5.69 Å². The molecule has 1 heterocycles. The van der Waals surface area contributed by atoms with E-state index in [2.05, 4.69) is 34.6 Å². The molecule has 0 saturated heterocycles. The second-order valence-electron chi connectivity index (χ2n) is 7.56. The highest BCUT2D eigenvalue weighted by atomic mass is 32.2. The molecule has 0 spiro atoms. The molecule has 0 aliphatic heterocycles. The lowest BCUT2D eigenvalue weighted by molar-refractivity contribution is -0.113. The van der Waals surface area contributed by atoms with Gasteiger partial charge in [0.25, 0.3) is 0 Å². The molecule has 0 radical (unpaired) electrons. The lowest BCUT2D eigenvalue weighted by atomic mass is 10.1. The fraction of sp³-hybridized carbons (Fsp3) is 0.192. The van der Waals surface area contributed by atoms with Crippen molar-refractivity contribution in [1.82, 2.24) is 14.8 Å². The van der Waals surface area contributed by atoms with E-state index in [9.17, 15) is 4.79 Å². The van der Waals surface area contributed by atoms with Crippen LogP contribution in [-0.2, 0) is 17.8 Å². The molecule has 0 aliphatic carbocycles. The first kappa shape index (κ1) is 22.6. The highest BCUT2D eigenvalue weighted by Gasteiger charge is 2.17. The SMILES string of the molecule is CCc1ccc(-n2c(COc3ccccc3)nnc2SCC(=O)Nc2ccc(C)cc2)cc1. The van der Waals surface area contributed by atoms with Crippen LogP contribution in [0.1, 0.15) is 23.9 Å². The van der Waals surface area contributed by atoms with Gasteiger partial charge in [-0.2, -0.15) is 0 Å². The first-order valence-electron chi connectivity index (χ1n) is 10.8. The first-order chi connectivity index (χ1) is 16.1. The van der Waals surface area contributed by atoms with Gasteiger partial charge in [-0.15, -0.1) is 10.2 Å². The van der Waals surface area contributed by atoms with E-state index in [1.165, 1.54) is 17.3 Å². The van der Waals surface area contributed by atoms with Crippen LogP contribution in [0.5, 0.6) is 5.75 Å². The number of amides is 1. The van der Waals surface area contributed by atoms with Crippen LogP contribution in [0.15, 0.2) is 84.0 Å². The lowest BCUT2D eigenvalue weighted by Crippen LogP contribution is -2.14. The molecule has 0 aliphatic rings. The number of nitrogens with zero attached hydrogens (tertiary/aromatic N) is 3. The van der Waals surface area contributed by atoms with Crippen molar-refractivity contribution in [1.29, 1.82) is 0 Å². The molecule has 1 aromatic heterocycles. The van der Waals surface area contributed by atoms with Crippen molar-refractivity contribution < 1.29 is 9.53 Å². The third kappa shape index (κ3) is 6.02. The quantitative estimate of drug-likeness (QED) is 0.338. The Balaban J connectivity index is 1.51. The van der Waals surface area contributed by atoms with Crippen molar-refractivity contribution in [2.24, 2.45) is 0 Å². The number of anilines is 1. The van der Waals surface area contributed by atoms with E-state index in [1.807, 2.05) is 78.2 Å². The van der Waals surface area contributed by atoms with Crippen molar-refractivity contribution in [3.05, 3.63) is 95.8 Å². The fourth-order valence-electron chi connectivity index (χ4n) is 3.26. The van der Waals surface area contributed by atoms with Crippen LogP contribution in [0.3, 0.4) is 0 Å². The van der Waals surface area contributed by atoms with E-state index in [0.29, 0.717) is 11.0 Å². The van der Waals surface area contributed by atoms with Crippen molar-refractivity contribution >= 4 is 23.4 Å². The Labute approximate surface area is 198 Å². The summed E-state index contributed by atoms with van der Waals surface area (Å²) in [6, 6.07) is 25.6. The van der Waals surface area contributed by atoms with Crippen LogP contribution < -0.4 is 10.1 Å². The number of thioether (sulfide) groups is 1. The average Bonchev–Trinajstić information content (AvgIpc) is 3.26. The number of nitrogens with one attached hydrogen (secondary N) is 1. The second-order valence-corrected chi connectivity index (χ2v) is 8.50. The number of aromatic nitrogens is 3. The predicted molar refractivity (Wildman–Crippen MR) is 132 cm³/mol. The van der Waals surface area contributed by atoms with E-state index in [4.69, 9.17) is 4.74 Å². The van der Waals surface area contributed by atoms with Gasteiger partial charge in [0.05, 0.1) is 5.75 Å². The van der Waals surface area contributed by atoms with E-state index >= 15 is 0 Å². The summed E-state index contributed by atoms with van der Waals surface area (Å²) < 4.78 is 7.87. The smallest absolute Gasteiger partial charge is 0.234 e. The molecule has 3 aromatic carbocycles. The minimum Gasteiger partial charge on any atom is -0.486 e. The highest BCUT2D eigenvalue weighted by molar-refractivity contribution is 7.99. The monoisotopic (exact) mass is 458 g/mol. The van der Waals surface area contributed by atoms with Crippen LogP contribution in [-0.4, -0.2) is 26.4 Å². The van der Waals surface area contributed by atoms with Crippen LogP contribution in [0.4, 0.5) is 5.69 Å². The maximum Gasteiger partial charge on any atom is 0.234 e. The summed E-state index contributed by atoms with van der Waals surface area (Å²) in [6.07, 6.45) is 0.965. The molecule has 0 fully saturated rings. The summed E-state index contributed by atoms with van der Waals surface area (Å²) in [6.45, 7) is 4.41. The number of aryl methyl sites for hydroxylation is 2. The van der Waals surface area contributed by atoms with Crippen molar-refractivity contribution in [2.45, 2.75) is 32.0 Å². The van der Waals surface area contributed by atoms with Crippen molar-refractivity contribution in [2.75, 3.05) is 11.1 Å². The Kier molecular flexibility index (Phi) is 7.42. The van der Waals surface area contributed by atoms with Crippen LogP contribution >= 0.6 is 11.8 Å². The predicted octanol–water partition coefficient (Wildman–Crippen LogP) is 5.45. The summed E-state index contributed by atoms with van der Waals surface area (Å²) in [5.41, 5.74) is 4.11. The summed E-state index contributed by atoms with van der Waals surface area (Å²) in [4.78, 5) is 12.5. The zero-order chi connectivity index (χ0) is 23.0. The van der Waals surface area contributed by atoms with Gasteiger partial charge in [-0.25, -0.2) is 0 Å². The number of para-hydroxylation sites is 1. The van der Waals surface area contributed by atoms with Crippen molar-refractivity contribution in [3.63, 3.8) is 0 Å². The molecule has 33 heavy (non-hydrogen) atoms. The maximum absolute atomic E-state index is 12.5.